The molecule has 28 heavy (non-hydrogen) atoms. The van der Waals surface area contributed by atoms with Gasteiger partial charge in [-0.15, -0.1) is 0 Å². The van der Waals surface area contributed by atoms with E-state index >= 15 is 0 Å². The van der Waals surface area contributed by atoms with Crippen LogP contribution < -0.4 is 5.32 Å². The first-order valence-corrected chi connectivity index (χ1v) is 9.27. The van der Waals surface area contributed by atoms with Gasteiger partial charge in [0.2, 0.25) is 17.6 Å². The van der Waals surface area contributed by atoms with Crippen molar-refractivity contribution in [2.24, 2.45) is 0 Å². The summed E-state index contributed by atoms with van der Waals surface area (Å²) in [6, 6.07) is 16.1. The van der Waals surface area contributed by atoms with Crippen molar-refractivity contribution in [3.8, 4) is 11.4 Å². The number of nitrogens with zero attached hydrogens (tertiary/aromatic N) is 2. The third kappa shape index (κ3) is 5.16. The van der Waals surface area contributed by atoms with Crippen molar-refractivity contribution in [1.82, 2.24) is 15.5 Å². The minimum absolute atomic E-state index is 0.112. The molecule has 0 aliphatic carbocycles. The number of amides is 1. The van der Waals surface area contributed by atoms with Gasteiger partial charge >= 0.3 is 0 Å². The minimum atomic E-state index is -0.213. The Morgan fingerprint density at radius 1 is 1.14 bits per heavy atom. The van der Waals surface area contributed by atoms with Crippen LogP contribution in [0.2, 0.25) is 0 Å². The molecule has 144 valence electrons. The second-order valence-electron chi connectivity index (χ2n) is 7.80. The highest BCUT2D eigenvalue weighted by atomic mass is 16.5. The van der Waals surface area contributed by atoms with Crippen molar-refractivity contribution < 1.29 is 9.32 Å². The zero-order valence-electron chi connectivity index (χ0n) is 16.7. The van der Waals surface area contributed by atoms with E-state index in [1.165, 1.54) is 11.6 Å². The lowest BCUT2D eigenvalue weighted by molar-refractivity contribution is -0.116. The van der Waals surface area contributed by atoms with E-state index in [0.29, 0.717) is 11.7 Å². The molecular weight excluding hydrogens is 350 g/mol. The van der Waals surface area contributed by atoms with E-state index in [4.69, 9.17) is 4.52 Å². The van der Waals surface area contributed by atoms with Gasteiger partial charge in [-0.25, -0.2) is 0 Å². The highest BCUT2D eigenvalue weighted by molar-refractivity contribution is 5.91. The fourth-order valence-corrected chi connectivity index (χ4v) is 2.72. The van der Waals surface area contributed by atoms with Crippen molar-refractivity contribution in [2.45, 2.75) is 39.7 Å². The summed E-state index contributed by atoms with van der Waals surface area (Å²) in [7, 11) is 0. The van der Waals surface area contributed by atoms with E-state index in [0.717, 1.165) is 16.7 Å². The van der Waals surface area contributed by atoms with Gasteiger partial charge in [-0.2, -0.15) is 4.98 Å². The lowest BCUT2D eigenvalue weighted by Crippen LogP contribution is -2.20. The van der Waals surface area contributed by atoms with Gasteiger partial charge in [-0.1, -0.05) is 74.0 Å². The number of carbonyl (C=O) groups is 1. The predicted molar refractivity (Wildman–Crippen MR) is 110 cm³/mol. The molecule has 3 aromatic rings. The molecule has 3 rings (SSSR count). The van der Waals surface area contributed by atoms with E-state index in [2.05, 4.69) is 48.4 Å². The fraction of sp³-hybridized carbons (Fsp3) is 0.261. The van der Waals surface area contributed by atoms with Crippen LogP contribution in [0.5, 0.6) is 0 Å². The molecule has 0 bridgehead atoms. The zero-order chi connectivity index (χ0) is 20.1. The number of aryl methyl sites for hydroxylation is 1. The molecule has 0 radical (unpaired) electrons. The molecule has 1 N–H and O–H groups in total. The van der Waals surface area contributed by atoms with Crippen molar-refractivity contribution in [2.75, 3.05) is 0 Å². The summed E-state index contributed by atoms with van der Waals surface area (Å²) in [5, 5.41) is 6.73. The number of rotatable bonds is 5. The molecule has 0 unspecified atom stereocenters. The summed E-state index contributed by atoms with van der Waals surface area (Å²) in [6.45, 7) is 8.71. The molecule has 5 nitrogen and oxygen atoms in total. The van der Waals surface area contributed by atoms with Crippen LogP contribution in [0.3, 0.4) is 0 Å². The lowest BCUT2D eigenvalue weighted by Gasteiger charge is -2.18. The summed E-state index contributed by atoms with van der Waals surface area (Å²) in [5.74, 6) is 0.672. The summed E-state index contributed by atoms with van der Waals surface area (Å²) < 4.78 is 5.22. The molecule has 2 aromatic carbocycles. The van der Waals surface area contributed by atoms with Crippen LogP contribution >= 0.6 is 0 Å². The summed E-state index contributed by atoms with van der Waals surface area (Å²) in [6.07, 6.45) is 3.29. The van der Waals surface area contributed by atoms with Crippen LogP contribution in [-0.4, -0.2) is 16.0 Å². The zero-order valence-corrected chi connectivity index (χ0v) is 16.7. The average molecular weight is 375 g/mol. The first-order valence-electron chi connectivity index (χ1n) is 9.27. The normalized spacial score (nSPS) is 11.7. The lowest BCUT2D eigenvalue weighted by atomic mass is 9.87. The summed E-state index contributed by atoms with van der Waals surface area (Å²) >= 11 is 0. The van der Waals surface area contributed by atoms with Gasteiger partial charge < -0.3 is 9.84 Å². The van der Waals surface area contributed by atoms with E-state index in [1.807, 2.05) is 43.3 Å². The SMILES string of the molecule is Cc1cccc(-c2noc(CNC(=O)/C=C/c3ccc(C(C)(C)C)cc3)n2)c1. The number of hydrogen-bond acceptors (Lipinski definition) is 4. The number of nitrogens with one attached hydrogen (secondary N) is 1. The molecule has 0 saturated carbocycles. The van der Waals surface area contributed by atoms with Gasteiger partial charge in [0.1, 0.15) is 0 Å². The second-order valence-corrected chi connectivity index (χ2v) is 7.80. The summed E-state index contributed by atoms with van der Waals surface area (Å²) in [4.78, 5) is 16.4. The minimum Gasteiger partial charge on any atom is -0.343 e. The van der Waals surface area contributed by atoms with Crippen molar-refractivity contribution in [3.05, 3.63) is 77.2 Å². The Morgan fingerprint density at radius 3 is 2.57 bits per heavy atom. The van der Waals surface area contributed by atoms with Gasteiger partial charge in [-0.3, -0.25) is 4.79 Å². The Labute approximate surface area is 165 Å². The maximum absolute atomic E-state index is 12.0. The van der Waals surface area contributed by atoms with Crippen LogP contribution in [0.1, 0.15) is 43.4 Å². The third-order valence-corrected chi connectivity index (χ3v) is 4.36. The monoisotopic (exact) mass is 375 g/mol. The Morgan fingerprint density at radius 2 is 1.89 bits per heavy atom. The number of hydrogen-bond donors (Lipinski definition) is 1. The standard InChI is InChI=1S/C23H25N3O2/c1-16-6-5-7-18(14-16)22-25-21(28-26-22)15-24-20(27)13-10-17-8-11-19(12-9-17)23(2,3)4/h5-14H,15H2,1-4H3,(H,24,27)/b13-10+. The second kappa shape index (κ2) is 8.21. The maximum atomic E-state index is 12.0. The van der Waals surface area contributed by atoms with Gasteiger partial charge in [0.25, 0.3) is 0 Å². The molecule has 1 heterocycles. The first kappa shape index (κ1) is 19.5. The van der Waals surface area contributed by atoms with Crippen LogP contribution in [-0.2, 0) is 16.8 Å². The molecule has 0 aliphatic heterocycles. The van der Waals surface area contributed by atoms with E-state index in [9.17, 15) is 4.79 Å². The number of benzene rings is 2. The number of aromatic nitrogens is 2. The molecule has 0 aliphatic rings. The quantitative estimate of drug-likeness (QED) is 0.658. The Bertz CT molecular complexity index is 980. The van der Waals surface area contributed by atoms with Gasteiger partial charge in [0, 0.05) is 11.6 Å². The maximum Gasteiger partial charge on any atom is 0.246 e. The molecule has 0 saturated heterocycles. The van der Waals surface area contributed by atoms with Gasteiger partial charge in [0.15, 0.2) is 0 Å². The molecule has 5 heteroatoms. The molecule has 1 aromatic heterocycles. The van der Waals surface area contributed by atoms with Crippen LogP contribution in [0.4, 0.5) is 0 Å². The van der Waals surface area contributed by atoms with E-state index in [1.54, 1.807) is 6.08 Å². The predicted octanol–water partition coefficient (Wildman–Crippen LogP) is 4.67. The molecule has 0 spiro atoms. The summed E-state index contributed by atoms with van der Waals surface area (Å²) in [5.41, 5.74) is 4.36. The Kier molecular flexibility index (Phi) is 5.73. The van der Waals surface area contributed by atoms with Crippen molar-refractivity contribution in [3.63, 3.8) is 0 Å². The Hall–Kier alpha value is -3.21. The smallest absolute Gasteiger partial charge is 0.246 e. The van der Waals surface area contributed by atoms with Crippen LogP contribution in [0.15, 0.2) is 59.1 Å². The molecule has 0 fully saturated rings. The van der Waals surface area contributed by atoms with Gasteiger partial charge in [0.05, 0.1) is 6.54 Å². The van der Waals surface area contributed by atoms with Gasteiger partial charge in [-0.05, 0) is 35.6 Å². The molecule has 1 amide bonds. The van der Waals surface area contributed by atoms with Crippen LogP contribution in [0, 0.1) is 6.92 Å². The highest BCUT2D eigenvalue weighted by Gasteiger charge is 2.12. The topological polar surface area (TPSA) is 68.0 Å². The Balaban J connectivity index is 1.55. The largest absolute Gasteiger partial charge is 0.343 e. The van der Waals surface area contributed by atoms with Crippen LogP contribution in [0.25, 0.3) is 17.5 Å². The highest BCUT2D eigenvalue weighted by Crippen LogP contribution is 2.22. The molecule has 0 atom stereocenters. The van der Waals surface area contributed by atoms with Crippen molar-refractivity contribution >= 4 is 12.0 Å². The van der Waals surface area contributed by atoms with E-state index in [-0.39, 0.29) is 17.9 Å². The number of carbonyl (C=O) groups excluding carboxylic acids is 1. The van der Waals surface area contributed by atoms with E-state index < -0.39 is 0 Å². The first-order chi connectivity index (χ1) is 13.3. The molecular formula is C23H25N3O2. The van der Waals surface area contributed by atoms with Crippen molar-refractivity contribution in [1.29, 1.82) is 0 Å². The third-order valence-electron chi connectivity index (χ3n) is 4.36. The fourth-order valence-electron chi connectivity index (χ4n) is 2.72. The average Bonchev–Trinajstić information content (AvgIpc) is 3.13.